The van der Waals surface area contributed by atoms with E-state index in [9.17, 15) is 8.42 Å². The molecule has 1 aliphatic heterocycles. The summed E-state index contributed by atoms with van der Waals surface area (Å²) in [7, 11) is -3.02. The van der Waals surface area contributed by atoms with Crippen molar-refractivity contribution in [1.29, 1.82) is 0 Å². The van der Waals surface area contributed by atoms with Crippen molar-refractivity contribution in [3.05, 3.63) is 29.3 Å². The molecule has 0 saturated carbocycles. The van der Waals surface area contributed by atoms with Gasteiger partial charge in [-0.1, -0.05) is 19.1 Å². The lowest BCUT2D eigenvalue weighted by atomic mass is 10.0. The Kier molecular flexibility index (Phi) is 5.27. The monoisotopic (exact) mass is 311 g/mol. The van der Waals surface area contributed by atoms with E-state index in [0.29, 0.717) is 0 Å². The zero-order valence-corrected chi connectivity index (χ0v) is 13.9. The fourth-order valence-corrected chi connectivity index (χ4v) is 3.61. The second-order valence-electron chi connectivity index (χ2n) is 5.78. The topological polar surface area (TPSA) is 55.4 Å². The van der Waals surface area contributed by atoms with Crippen molar-refractivity contribution in [3.8, 4) is 5.75 Å². The van der Waals surface area contributed by atoms with Gasteiger partial charge >= 0.3 is 0 Å². The highest BCUT2D eigenvalue weighted by Gasteiger charge is 2.25. The first kappa shape index (κ1) is 16.3. The lowest BCUT2D eigenvalue weighted by Gasteiger charge is -2.23. The van der Waals surface area contributed by atoms with Crippen molar-refractivity contribution in [2.45, 2.75) is 44.4 Å². The van der Waals surface area contributed by atoms with Crippen molar-refractivity contribution in [1.82, 2.24) is 5.32 Å². The number of benzene rings is 1. The molecular weight excluding hydrogens is 286 g/mol. The summed E-state index contributed by atoms with van der Waals surface area (Å²) in [5, 5.41) is 2.94. The molecule has 2 unspecified atom stereocenters. The highest BCUT2D eigenvalue weighted by Crippen LogP contribution is 2.26. The van der Waals surface area contributed by atoms with Gasteiger partial charge in [0.2, 0.25) is 0 Å². The van der Waals surface area contributed by atoms with Crippen LogP contribution in [0.15, 0.2) is 18.2 Å². The van der Waals surface area contributed by atoms with Gasteiger partial charge in [0.1, 0.15) is 5.75 Å². The third-order valence-corrected chi connectivity index (χ3v) is 5.89. The Morgan fingerprint density at radius 1 is 1.38 bits per heavy atom. The fraction of sp³-hybridized carbons (Fsp3) is 0.625. The molecular formula is C16H25NO3S. The number of fused-ring (bicyclic) bond motifs is 1. The molecule has 1 aromatic carbocycles. The molecule has 1 N–H and O–H groups in total. The highest BCUT2D eigenvalue weighted by atomic mass is 32.2. The minimum Gasteiger partial charge on any atom is -0.493 e. The van der Waals surface area contributed by atoms with Crippen LogP contribution in [0.3, 0.4) is 0 Å². The molecule has 1 aromatic rings. The summed E-state index contributed by atoms with van der Waals surface area (Å²) in [5.74, 6) is 0.992. The predicted molar refractivity (Wildman–Crippen MR) is 85.7 cm³/mol. The molecule has 0 aromatic heterocycles. The predicted octanol–water partition coefficient (Wildman–Crippen LogP) is 1.97. The first-order valence-corrected chi connectivity index (χ1v) is 9.54. The first-order valence-electron chi connectivity index (χ1n) is 7.58. The molecule has 0 saturated heterocycles. The van der Waals surface area contributed by atoms with Crippen molar-refractivity contribution >= 4 is 9.84 Å². The molecule has 1 heterocycles. The molecule has 118 valence electrons. The summed E-state index contributed by atoms with van der Waals surface area (Å²) in [6.07, 6.45) is 3.99. The summed E-state index contributed by atoms with van der Waals surface area (Å²) in [6.45, 7) is 5.35. The molecule has 1 aliphatic rings. The minimum absolute atomic E-state index is 0.00509. The molecule has 0 bridgehead atoms. The number of ether oxygens (including phenoxy) is 1. The smallest absolute Gasteiger partial charge is 0.151 e. The summed E-state index contributed by atoms with van der Waals surface area (Å²) in [5.41, 5.74) is 2.52. The van der Waals surface area contributed by atoms with Crippen LogP contribution in [0.1, 0.15) is 31.4 Å². The highest BCUT2D eigenvalue weighted by molar-refractivity contribution is 7.91. The summed E-state index contributed by atoms with van der Waals surface area (Å²) in [6, 6.07) is 6.30. The summed E-state index contributed by atoms with van der Waals surface area (Å²) < 4.78 is 29.0. The van der Waals surface area contributed by atoms with Crippen molar-refractivity contribution in [2.75, 3.05) is 19.4 Å². The lowest BCUT2D eigenvalue weighted by Crippen LogP contribution is -2.42. The van der Waals surface area contributed by atoms with Crippen molar-refractivity contribution in [2.24, 2.45) is 0 Å². The van der Waals surface area contributed by atoms with E-state index in [4.69, 9.17) is 4.74 Å². The number of sulfone groups is 1. The van der Waals surface area contributed by atoms with Crippen LogP contribution >= 0.6 is 0 Å². The molecule has 4 nitrogen and oxygen atoms in total. The van der Waals surface area contributed by atoms with E-state index in [1.165, 1.54) is 17.4 Å². The maximum absolute atomic E-state index is 11.8. The number of rotatable bonds is 7. The molecule has 0 amide bonds. The second-order valence-corrected chi connectivity index (χ2v) is 8.18. The largest absolute Gasteiger partial charge is 0.493 e. The molecule has 5 heteroatoms. The van der Waals surface area contributed by atoms with Gasteiger partial charge in [-0.25, -0.2) is 8.42 Å². The lowest BCUT2D eigenvalue weighted by molar-refractivity contribution is 0.357. The molecule has 2 atom stereocenters. The maximum Gasteiger partial charge on any atom is 0.151 e. The Bertz CT molecular complexity index is 583. The van der Waals surface area contributed by atoms with Crippen LogP contribution in [0.25, 0.3) is 0 Å². The van der Waals surface area contributed by atoms with Crippen LogP contribution in [-0.4, -0.2) is 39.1 Å². The minimum atomic E-state index is -3.02. The standard InChI is InChI=1S/C16H25NO3S/c1-4-17-15(12(2)21(3,18)19)7-5-13-6-8-16-14(11-13)9-10-20-16/h6,8,11-12,15,17H,4-5,7,9-10H2,1-3H3. The molecule has 0 spiro atoms. The van der Waals surface area contributed by atoms with Gasteiger partial charge in [-0.15, -0.1) is 0 Å². The maximum atomic E-state index is 11.8. The SMILES string of the molecule is CCNC(CCc1ccc2c(c1)CCO2)C(C)S(C)(=O)=O. The Morgan fingerprint density at radius 2 is 2.14 bits per heavy atom. The number of aryl methyl sites for hydroxylation is 1. The Morgan fingerprint density at radius 3 is 2.81 bits per heavy atom. The third kappa shape index (κ3) is 4.20. The van der Waals surface area contributed by atoms with Gasteiger partial charge in [0.25, 0.3) is 0 Å². The summed E-state index contributed by atoms with van der Waals surface area (Å²) >= 11 is 0. The van der Waals surface area contributed by atoms with Gasteiger partial charge < -0.3 is 10.1 Å². The van der Waals surface area contributed by atoms with Gasteiger partial charge in [0.05, 0.1) is 11.9 Å². The van der Waals surface area contributed by atoms with E-state index in [2.05, 4.69) is 17.4 Å². The fourth-order valence-electron chi connectivity index (χ4n) is 2.78. The molecule has 0 aliphatic carbocycles. The number of hydrogen-bond donors (Lipinski definition) is 1. The van der Waals surface area contributed by atoms with E-state index in [1.54, 1.807) is 6.92 Å². The van der Waals surface area contributed by atoms with Gasteiger partial charge in [-0.3, -0.25) is 0 Å². The van der Waals surface area contributed by atoms with Crippen molar-refractivity contribution < 1.29 is 13.2 Å². The van der Waals surface area contributed by atoms with E-state index >= 15 is 0 Å². The summed E-state index contributed by atoms with van der Waals surface area (Å²) in [4.78, 5) is 0. The van der Waals surface area contributed by atoms with E-state index in [0.717, 1.165) is 38.2 Å². The van der Waals surface area contributed by atoms with Crippen LogP contribution in [-0.2, 0) is 22.7 Å². The van der Waals surface area contributed by atoms with E-state index < -0.39 is 9.84 Å². The molecule has 21 heavy (non-hydrogen) atoms. The van der Waals surface area contributed by atoms with Gasteiger partial charge in [-0.2, -0.15) is 0 Å². The molecule has 0 fully saturated rings. The zero-order chi connectivity index (χ0) is 15.5. The third-order valence-electron chi connectivity index (χ3n) is 4.21. The van der Waals surface area contributed by atoms with Crippen LogP contribution in [0.4, 0.5) is 0 Å². The Labute approximate surface area is 127 Å². The van der Waals surface area contributed by atoms with Crippen LogP contribution in [0.2, 0.25) is 0 Å². The molecule has 0 radical (unpaired) electrons. The average Bonchev–Trinajstić information content (AvgIpc) is 2.89. The van der Waals surface area contributed by atoms with Gasteiger partial charge in [-0.05, 0) is 43.5 Å². The number of nitrogens with one attached hydrogen (secondary N) is 1. The Hall–Kier alpha value is -1.07. The Balaban J connectivity index is 2.01. The van der Waals surface area contributed by atoms with E-state index in [1.807, 2.05) is 13.0 Å². The van der Waals surface area contributed by atoms with Crippen molar-refractivity contribution in [3.63, 3.8) is 0 Å². The normalized spacial score (nSPS) is 17.1. The van der Waals surface area contributed by atoms with Gasteiger partial charge in [0, 0.05) is 18.7 Å². The van der Waals surface area contributed by atoms with Crippen LogP contribution in [0.5, 0.6) is 5.75 Å². The second kappa shape index (κ2) is 6.79. The van der Waals surface area contributed by atoms with Crippen LogP contribution < -0.4 is 10.1 Å². The number of hydrogen-bond acceptors (Lipinski definition) is 4. The quantitative estimate of drug-likeness (QED) is 0.836. The van der Waals surface area contributed by atoms with E-state index in [-0.39, 0.29) is 11.3 Å². The zero-order valence-electron chi connectivity index (χ0n) is 13.1. The van der Waals surface area contributed by atoms with Crippen LogP contribution in [0, 0.1) is 0 Å². The van der Waals surface area contributed by atoms with Gasteiger partial charge in [0.15, 0.2) is 9.84 Å². The molecule has 2 rings (SSSR count). The first-order chi connectivity index (χ1) is 9.91. The average molecular weight is 311 g/mol.